The molecule has 0 heterocycles. The Hall–Kier alpha value is -0.130. The van der Waals surface area contributed by atoms with Gasteiger partial charge in [-0.2, -0.15) is 0 Å². The van der Waals surface area contributed by atoms with Crippen molar-refractivity contribution >= 4 is 9.84 Å². The molecule has 0 bridgehead atoms. The highest BCUT2D eigenvalue weighted by Gasteiger charge is 2.58. The quantitative estimate of drug-likeness (QED) is 0.703. The van der Waals surface area contributed by atoms with Gasteiger partial charge in [-0.3, -0.25) is 0 Å². The van der Waals surface area contributed by atoms with E-state index in [1.54, 1.807) is 20.8 Å². The van der Waals surface area contributed by atoms with E-state index >= 15 is 0 Å². The van der Waals surface area contributed by atoms with E-state index in [1.807, 2.05) is 0 Å². The number of aliphatic hydroxyl groups excluding tert-OH is 1. The van der Waals surface area contributed by atoms with E-state index < -0.39 is 25.4 Å². The van der Waals surface area contributed by atoms with Crippen LogP contribution in [0.2, 0.25) is 0 Å². The summed E-state index contributed by atoms with van der Waals surface area (Å²) in [6.07, 6.45) is 0.386. The molecule has 0 aromatic heterocycles. The number of rotatable bonds is 4. The predicted octanol–water partition coefficient (Wildman–Crippen LogP) is 0.0519. The van der Waals surface area contributed by atoms with Crippen molar-refractivity contribution in [2.24, 2.45) is 5.73 Å². The summed E-state index contributed by atoms with van der Waals surface area (Å²) in [5, 5.41) is 9.61. The highest BCUT2D eigenvalue weighted by molar-refractivity contribution is 7.94. The fraction of sp³-hybridized carbons (Fsp3) is 1.00. The lowest BCUT2D eigenvalue weighted by molar-refractivity contribution is 0.144. The van der Waals surface area contributed by atoms with Crippen LogP contribution < -0.4 is 5.73 Å². The number of nitrogens with two attached hydrogens (primary N) is 1. The zero-order valence-corrected chi connectivity index (χ0v) is 9.76. The third-order valence-corrected chi connectivity index (χ3v) is 6.68. The lowest BCUT2D eigenvalue weighted by atomic mass is 10.1. The maximum Gasteiger partial charge on any atom is 0.163 e. The summed E-state index contributed by atoms with van der Waals surface area (Å²) >= 11 is 0. The molecular weight excluding hydrogens is 202 g/mol. The van der Waals surface area contributed by atoms with Crippen LogP contribution in [0.5, 0.6) is 0 Å². The van der Waals surface area contributed by atoms with E-state index in [4.69, 9.17) is 5.73 Å². The van der Waals surface area contributed by atoms with Crippen LogP contribution in [-0.2, 0) is 9.84 Å². The largest absolute Gasteiger partial charge is 0.390 e. The van der Waals surface area contributed by atoms with Crippen LogP contribution in [-0.4, -0.2) is 35.7 Å². The molecule has 1 aliphatic rings. The van der Waals surface area contributed by atoms with Gasteiger partial charge >= 0.3 is 0 Å². The third-order valence-electron chi connectivity index (χ3n) is 3.32. The van der Waals surface area contributed by atoms with E-state index in [-0.39, 0.29) is 6.54 Å². The van der Waals surface area contributed by atoms with Crippen LogP contribution in [0.3, 0.4) is 0 Å². The van der Waals surface area contributed by atoms with Gasteiger partial charge in [0.15, 0.2) is 9.84 Å². The first-order chi connectivity index (χ1) is 6.19. The molecule has 0 aromatic rings. The Bertz CT molecular complexity index is 317. The Balaban J connectivity index is 3.03. The van der Waals surface area contributed by atoms with Crippen molar-refractivity contribution < 1.29 is 13.5 Å². The van der Waals surface area contributed by atoms with Crippen LogP contribution in [0.4, 0.5) is 0 Å². The molecule has 0 aliphatic heterocycles. The Kier molecular flexibility index (Phi) is 2.71. The fourth-order valence-corrected chi connectivity index (χ4v) is 3.91. The highest BCUT2D eigenvalue weighted by Crippen LogP contribution is 2.48. The first-order valence-corrected chi connectivity index (χ1v) is 6.30. The van der Waals surface area contributed by atoms with Crippen molar-refractivity contribution in [3.8, 4) is 0 Å². The van der Waals surface area contributed by atoms with Gasteiger partial charge in [0.2, 0.25) is 0 Å². The second kappa shape index (κ2) is 3.18. The molecule has 5 heteroatoms. The lowest BCUT2D eigenvalue weighted by Crippen LogP contribution is -2.51. The molecule has 84 valence electrons. The molecule has 4 nitrogen and oxygen atoms in total. The van der Waals surface area contributed by atoms with Crippen molar-refractivity contribution in [1.29, 1.82) is 0 Å². The van der Waals surface area contributed by atoms with Gasteiger partial charge in [0, 0.05) is 6.54 Å². The van der Waals surface area contributed by atoms with Crippen LogP contribution in [0, 0.1) is 0 Å². The van der Waals surface area contributed by atoms with E-state index in [2.05, 4.69) is 0 Å². The maximum atomic E-state index is 12.1. The summed E-state index contributed by atoms with van der Waals surface area (Å²) in [7, 11) is -3.31. The molecule has 0 saturated heterocycles. The summed E-state index contributed by atoms with van der Waals surface area (Å²) in [5.74, 6) is 0. The molecule has 1 saturated carbocycles. The number of aliphatic hydroxyl groups is 1. The summed E-state index contributed by atoms with van der Waals surface area (Å²) < 4.78 is 22.5. The van der Waals surface area contributed by atoms with Gasteiger partial charge in [0.25, 0.3) is 0 Å². The molecule has 1 aliphatic carbocycles. The normalized spacial score (nSPS) is 23.2. The van der Waals surface area contributed by atoms with Crippen LogP contribution in [0.1, 0.15) is 33.6 Å². The summed E-state index contributed by atoms with van der Waals surface area (Å²) in [6.45, 7) is 4.79. The first-order valence-electron chi connectivity index (χ1n) is 4.81. The van der Waals surface area contributed by atoms with Crippen LogP contribution in [0.15, 0.2) is 0 Å². The molecule has 0 radical (unpaired) electrons. The van der Waals surface area contributed by atoms with Crippen molar-refractivity contribution in [2.45, 2.75) is 49.2 Å². The van der Waals surface area contributed by atoms with E-state index in [1.165, 1.54) is 0 Å². The van der Waals surface area contributed by atoms with Crippen molar-refractivity contribution in [2.75, 3.05) is 6.54 Å². The molecule has 0 spiro atoms. The number of hydrogen-bond acceptors (Lipinski definition) is 4. The molecule has 1 atom stereocenters. The molecule has 1 rings (SSSR count). The SMILES string of the molecule is CC1(S(=O)(=O)C(C)(C)C(O)CN)CC1. The van der Waals surface area contributed by atoms with Gasteiger partial charge in [-0.1, -0.05) is 0 Å². The second-order valence-electron chi connectivity index (χ2n) is 4.81. The van der Waals surface area contributed by atoms with E-state index in [0.717, 1.165) is 0 Å². The van der Waals surface area contributed by atoms with Gasteiger partial charge in [0.05, 0.1) is 15.6 Å². The minimum atomic E-state index is -3.31. The van der Waals surface area contributed by atoms with Crippen LogP contribution >= 0.6 is 0 Å². The number of hydrogen-bond donors (Lipinski definition) is 2. The molecule has 14 heavy (non-hydrogen) atoms. The van der Waals surface area contributed by atoms with E-state index in [0.29, 0.717) is 12.8 Å². The zero-order valence-electron chi connectivity index (χ0n) is 8.95. The average molecular weight is 221 g/mol. The summed E-state index contributed by atoms with van der Waals surface area (Å²) in [4.78, 5) is 0. The van der Waals surface area contributed by atoms with Gasteiger partial charge < -0.3 is 10.8 Å². The Morgan fingerprint density at radius 2 is 1.93 bits per heavy atom. The third kappa shape index (κ3) is 1.47. The molecule has 0 aromatic carbocycles. The maximum absolute atomic E-state index is 12.1. The lowest BCUT2D eigenvalue weighted by Gasteiger charge is -2.32. The Morgan fingerprint density at radius 3 is 2.21 bits per heavy atom. The summed E-state index contributed by atoms with van der Waals surface area (Å²) in [5.41, 5.74) is 5.30. The van der Waals surface area contributed by atoms with Gasteiger partial charge in [-0.15, -0.1) is 0 Å². The first kappa shape index (κ1) is 11.9. The average Bonchev–Trinajstić information content (AvgIpc) is 2.83. The van der Waals surface area contributed by atoms with Crippen LogP contribution in [0.25, 0.3) is 0 Å². The standard InChI is InChI=1S/C9H19NO3S/c1-8(2,7(11)6-10)14(12,13)9(3)4-5-9/h7,11H,4-6,10H2,1-3H3. The summed E-state index contributed by atoms with van der Waals surface area (Å²) in [6, 6.07) is 0. The van der Waals surface area contributed by atoms with Gasteiger partial charge in [-0.25, -0.2) is 8.42 Å². The molecule has 3 N–H and O–H groups in total. The predicted molar refractivity (Wildman–Crippen MR) is 55.7 cm³/mol. The minimum Gasteiger partial charge on any atom is -0.390 e. The topological polar surface area (TPSA) is 80.4 Å². The van der Waals surface area contributed by atoms with Crippen molar-refractivity contribution in [1.82, 2.24) is 0 Å². The monoisotopic (exact) mass is 221 g/mol. The molecule has 1 unspecified atom stereocenters. The highest BCUT2D eigenvalue weighted by atomic mass is 32.2. The zero-order chi connectivity index (χ0) is 11.2. The molecule has 0 amide bonds. The molecular formula is C9H19NO3S. The Labute approximate surface area is 85.4 Å². The van der Waals surface area contributed by atoms with Gasteiger partial charge in [-0.05, 0) is 33.6 Å². The molecule has 1 fully saturated rings. The van der Waals surface area contributed by atoms with Crippen molar-refractivity contribution in [3.63, 3.8) is 0 Å². The fourth-order valence-electron chi connectivity index (χ4n) is 1.54. The van der Waals surface area contributed by atoms with Crippen molar-refractivity contribution in [3.05, 3.63) is 0 Å². The Morgan fingerprint density at radius 1 is 1.50 bits per heavy atom. The number of sulfone groups is 1. The van der Waals surface area contributed by atoms with E-state index in [9.17, 15) is 13.5 Å². The minimum absolute atomic E-state index is 0.0255. The second-order valence-corrected chi connectivity index (χ2v) is 7.85. The smallest absolute Gasteiger partial charge is 0.163 e. The van der Waals surface area contributed by atoms with Gasteiger partial charge in [0.1, 0.15) is 0 Å².